The summed E-state index contributed by atoms with van der Waals surface area (Å²) in [5, 5.41) is 21.6. The van der Waals surface area contributed by atoms with E-state index in [-0.39, 0.29) is 23.1 Å². The number of aliphatic hydroxyl groups excluding tert-OH is 1. The van der Waals surface area contributed by atoms with Crippen LogP contribution in [0.25, 0.3) is 10.6 Å². The summed E-state index contributed by atoms with van der Waals surface area (Å²) in [4.78, 5) is 20.7. The number of halogens is 1. The van der Waals surface area contributed by atoms with E-state index in [2.05, 4.69) is 25.5 Å². The van der Waals surface area contributed by atoms with Gasteiger partial charge in [0.1, 0.15) is 16.1 Å². The Morgan fingerprint density at radius 3 is 2.65 bits per heavy atom. The largest absolute Gasteiger partial charge is 0.466 e. The van der Waals surface area contributed by atoms with E-state index in [4.69, 9.17) is 16.3 Å². The smallest absolute Gasteiger partial charge is 0.259 e. The van der Waals surface area contributed by atoms with Crippen LogP contribution < -0.4 is 10.1 Å². The lowest BCUT2D eigenvalue weighted by molar-refractivity contribution is 0.102. The molecule has 0 aliphatic carbocycles. The summed E-state index contributed by atoms with van der Waals surface area (Å²) < 4.78 is 5.74. The van der Waals surface area contributed by atoms with Crippen molar-refractivity contribution >= 4 is 34.0 Å². The lowest BCUT2D eigenvalue weighted by Crippen LogP contribution is -2.15. The van der Waals surface area contributed by atoms with Gasteiger partial charge in [-0.15, -0.1) is 10.2 Å². The quantitative estimate of drug-likeness (QED) is 0.435. The van der Waals surface area contributed by atoms with Crippen molar-refractivity contribution in [1.29, 1.82) is 0 Å². The molecule has 0 saturated heterocycles. The second kappa shape index (κ2) is 9.61. The second-order valence-corrected chi connectivity index (χ2v) is 7.70. The van der Waals surface area contributed by atoms with Crippen LogP contribution in [0.4, 0.5) is 5.13 Å². The summed E-state index contributed by atoms with van der Waals surface area (Å²) in [6.45, 7) is -0.249. The average Bonchev–Trinajstić information content (AvgIpc) is 3.28. The molecule has 4 aromatic rings. The topological polar surface area (TPSA) is 110 Å². The van der Waals surface area contributed by atoms with Crippen molar-refractivity contribution in [3.8, 4) is 16.5 Å². The fraction of sp³-hybridized carbons (Fsp3) is 0.0952. The fourth-order valence-electron chi connectivity index (χ4n) is 2.70. The lowest BCUT2D eigenvalue weighted by Gasteiger charge is -2.17. The standard InChI is InChI=1S/C21H16ClN5O3S/c22-16-10-15(11-24-19(16)30-17(12-28)13-4-2-1-3-5-13)18(29)25-21-27-26-20(31-21)14-6-8-23-9-7-14/h1-11,17,28H,12H2,(H,25,27,29). The van der Waals surface area contributed by atoms with Gasteiger partial charge in [-0.2, -0.15) is 0 Å². The number of benzene rings is 1. The molecule has 0 bridgehead atoms. The minimum atomic E-state index is -0.626. The first-order chi connectivity index (χ1) is 15.1. The molecule has 156 valence electrons. The Hall–Kier alpha value is -3.40. The molecule has 8 nitrogen and oxygen atoms in total. The number of nitrogens with one attached hydrogen (secondary N) is 1. The van der Waals surface area contributed by atoms with Gasteiger partial charge in [-0.1, -0.05) is 53.3 Å². The van der Waals surface area contributed by atoms with Crippen molar-refractivity contribution < 1.29 is 14.6 Å². The maximum Gasteiger partial charge on any atom is 0.259 e. The Labute approximate surface area is 186 Å². The first-order valence-corrected chi connectivity index (χ1v) is 10.4. The highest BCUT2D eigenvalue weighted by atomic mass is 35.5. The van der Waals surface area contributed by atoms with Crippen molar-refractivity contribution in [1.82, 2.24) is 20.2 Å². The Balaban J connectivity index is 1.45. The van der Waals surface area contributed by atoms with Crippen LogP contribution in [0, 0.1) is 0 Å². The van der Waals surface area contributed by atoms with E-state index in [1.54, 1.807) is 12.4 Å². The lowest BCUT2D eigenvalue weighted by atomic mass is 10.1. The van der Waals surface area contributed by atoms with E-state index >= 15 is 0 Å². The number of aliphatic hydroxyl groups is 1. The van der Waals surface area contributed by atoms with Gasteiger partial charge in [-0.05, 0) is 23.8 Å². The van der Waals surface area contributed by atoms with E-state index < -0.39 is 12.0 Å². The summed E-state index contributed by atoms with van der Waals surface area (Å²) in [6, 6.07) is 14.3. The maximum atomic E-state index is 12.6. The second-order valence-electron chi connectivity index (χ2n) is 6.31. The van der Waals surface area contributed by atoms with Crippen LogP contribution in [0.3, 0.4) is 0 Å². The highest BCUT2D eigenvalue weighted by Gasteiger charge is 2.18. The number of ether oxygens (including phenoxy) is 1. The van der Waals surface area contributed by atoms with Crippen LogP contribution in [0.5, 0.6) is 5.88 Å². The summed E-state index contributed by atoms with van der Waals surface area (Å²) in [5.41, 5.74) is 1.88. The van der Waals surface area contributed by atoms with Crippen LogP contribution in [0.1, 0.15) is 22.0 Å². The molecule has 0 radical (unpaired) electrons. The Morgan fingerprint density at radius 1 is 1.16 bits per heavy atom. The predicted molar refractivity (Wildman–Crippen MR) is 117 cm³/mol. The molecule has 0 saturated carbocycles. The number of aromatic nitrogens is 4. The molecular weight excluding hydrogens is 438 g/mol. The Morgan fingerprint density at radius 2 is 1.94 bits per heavy atom. The monoisotopic (exact) mass is 453 g/mol. The summed E-state index contributed by atoms with van der Waals surface area (Å²) >= 11 is 7.51. The van der Waals surface area contributed by atoms with Gasteiger partial charge >= 0.3 is 0 Å². The number of hydrogen-bond acceptors (Lipinski definition) is 8. The zero-order valence-electron chi connectivity index (χ0n) is 16.0. The van der Waals surface area contributed by atoms with Crippen molar-refractivity contribution in [3.63, 3.8) is 0 Å². The summed E-state index contributed by atoms with van der Waals surface area (Å²) in [6.07, 6.45) is 4.04. The van der Waals surface area contributed by atoms with E-state index in [0.29, 0.717) is 10.1 Å². The third-order valence-electron chi connectivity index (χ3n) is 4.23. The number of carbonyl (C=O) groups excluding carboxylic acids is 1. The third kappa shape index (κ3) is 5.02. The van der Waals surface area contributed by atoms with Crippen LogP contribution in [0.2, 0.25) is 5.02 Å². The van der Waals surface area contributed by atoms with Crippen molar-refractivity contribution in [2.24, 2.45) is 0 Å². The number of amides is 1. The van der Waals surface area contributed by atoms with Gasteiger partial charge in [0.2, 0.25) is 11.0 Å². The molecule has 0 aliphatic rings. The molecule has 0 spiro atoms. The SMILES string of the molecule is O=C(Nc1nnc(-c2ccncc2)s1)c1cnc(OC(CO)c2ccccc2)c(Cl)c1. The van der Waals surface area contributed by atoms with E-state index in [1.807, 2.05) is 42.5 Å². The average molecular weight is 454 g/mol. The number of hydrogen-bond donors (Lipinski definition) is 2. The molecule has 31 heavy (non-hydrogen) atoms. The fourth-order valence-corrected chi connectivity index (χ4v) is 3.66. The zero-order valence-corrected chi connectivity index (χ0v) is 17.5. The van der Waals surface area contributed by atoms with Crippen LogP contribution in [0.15, 0.2) is 67.1 Å². The minimum Gasteiger partial charge on any atom is -0.466 e. The van der Waals surface area contributed by atoms with E-state index in [1.165, 1.54) is 23.6 Å². The van der Waals surface area contributed by atoms with Crippen LogP contribution >= 0.6 is 22.9 Å². The molecule has 2 N–H and O–H groups in total. The first kappa shape index (κ1) is 20.9. The molecule has 1 atom stereocenters. The summed E-state index contributed by atoms with van der Waals surface area (Å²) in [5.74, 6) is -0.308. The maximum absolute atomic E-state index is 12.6. The van der Waals surface area contributed by atoms with Gasteiger partial charge in [0.15, 0.2) is 0 Å². The predicted octanol–water partition coefficient (Wildman–Crippen LogP) is 4.01. The number of nitrogens with zero attached hydrogens (tertiary/aromatic N) is 4. The van der Waals surface area contributed by atoms with Crippen LogP contribution in [-0.4, -0.2) is 37.8 Å². The number of pyridine rings is 2. The van der Waals surface area contributed by atoms with Gasteiger partial charge in [-0.3, -0.25) is 15.1 Å². The molecule has 1 unspecified atom stereocenters. The first-order valence-electron chi connectivity index (χ1n) is 9.17. The third-order valence-corrected chi connectivity index (χ3v) is 5.39. The molecule has 3 heterocycles. The van der Waals surface area contributed by atoms with Crippen molar-refractivity contribution in [3.05, 3.63) is 83.3 Å². The Kier molecular flexibility index (Phi) is 6.46. The van der Waals surface area contributed by atoms with Gasteiger partial charge in [0, 0.05) is 24.2 Å². The van der Waals surface area contributed by atoms with Gasteiger partial charge in [0.25, 0.3) is 5.91 Å². The normalized spacial score (nSPS) is 11.7. The van der Waals surface area contributed by atoms with Gasteiger partial charge < -0.3 is 9.84 Å². The Bertz CT molecular complexity index is 1170. The minimum absolute atomic E-state index is 0.122. The molecule has 0 aliphatic heterocycles. The van der Waals surface area contributed by atoms with E-state index in [0.717, 1.165) is 11.1 Å². The number of anilines is 1. The molecule has 3 aromatic heterocycles. The highest BCUT2D eigenvalue weighted by molar-refractivity contribution is 7.18. The molecule has 1 aromatic carbocycles. The van der Waals surface area contributed by atoms with Crippen LogP contribution in [-0.2, 0) is 0 Å². The molecule has 1 amide bonds. The molecule has 10 heteroatoms. The van der Waals surface area contributed by atoms with Gasteiger partial charge in [0.05, 0.1) is 12.2 Å². The number of carbonyl (C=O) groups is 1. The van der Waals surface area contributed by atoms with Crippen molar-refractivity contribution in [2.45, 2.75) is 6.10 Å². The molecule has 0 fully saturated rings. The zero-order chi connectivity index (χ0) is 21.6. The van der Waals surface area contributed by atoms with Crippen molar-refractivity contribution in [2.75, 3.05) is 11.9 Å². The van der Waals surface area contributed by atoms with E-state index in [9.17, 15) is 9.90 Å². The van der Waals surface area contributed by atoms with Gasteiger partial charge in [-0.25, -0.2) is 4.98 Å². The number of rotatable bonds is 7. The molecular formula is C21H16ClN5O3S. The summed E-state index contributed by atoms with van der Waals surface area (Å²) in [7, 11) is 0. The molecule has 4 rings (SSSR count). The highest BCUT2D eigenvalue weighted by Crippen LogP contribution is 2.29.